The number of piperazine rings is 1. The fraction of sp³-hybridized carbons (Fsp3) is 0.259. The molecule has 1 aliphatic rings. The molecular formula is C27H23F4N3O2S. The number of hydrogen-bond acceptors (Lipinski definition) is 4. The average Bonchev–Trinajstić information content (AvgIpc) is 3.21. The van der Waals surface area contributed by atoms with Gasteiger partial charge in [-0.1, -0.05) is 41.9 Å². The van der Waals surface area contributed by atoms with Crippen molar-refractivity contribution in [3.05, 3.63) is 99.6 Å². The summed E-state index contributed by atoms with van der Waals surface area (Å²) in [4.78, 5) is 29.0. The first-order chi connectivity index (χ1) is 17.7. The Kier molecular flexibility index (Phi) is 6.76. The first kappa shape index (κ1) is 25.0. The summed E-state index contributed by atoms with van der Waals surface area (Å²) in [5, 5.41) is 0.640. The van der Waals surface area contributed by atoms with E-state index in [1.165, 1.54) is 16.4 Å². The Morgan fingerprint density at radius 1 is 0.919 bits per heavy atom. The van der Waals surface area contributed by atoms with Gasteiger partial charge in [0.25, 0.3) is 11.5 Å². The third-order valence-corrected chi connectivity index (χ3v) is 7.63. The van der Waals surface area contributed by atoms with E-state index in [4.69, 9.17) is 0 Å². The minimum Gasteiger partial charge on any atom is -0.368 e. The van der Waals surface area contributed by atoms with Crippen molar-refractivity contribution in [2.75, 3.05) is 31.1 Å². The number of aryl methyl sites for hydroxylation is 2. The highest BCUT2D eigenvalue weighted by molar-refractivity contribution is 7.13. The largest absolute Gasteiger partial charge is 0.417 e. The molecule has 0 aliphatic carbocycles. The van der Waals surface area contributed by atoms with E-state index < -0.39 is 29.0 Å². The summed E-state index contributed by atoms with van der Waals surface area (Å²) in [7, 11) is 0. The van der Waals surface area contributed by atoms with Crippen molar-refractivity contribution in [2.24, 2.45) is 0 Å². The number of anilines is 1. The van der Waals surface area contributed by atoms with Gasteiger partial charge in [0.15, 0.2) is 0 Å². The lowest BCUT2D eigenvalue weighted by molar-refractivity contribution is -0.138. The maximum absolute atomic E-state index is 13.7. The number of nitrogens with zero attached hydrogens (tertiary/aromatic N) is 3. The van der Waals surface area contributed by atoms with E-state index in [0.717, 1.165) is 22.4 Å². The summed E-state index contributed by atoms with van der Waals surface area (Å²) >= 11 is 1.40. The summed E-state index contributed by atoms with van der Waals surface area (Å²) in [6, 6.07) is 17.5. The number of hydrogen-bond donors (Lipinski definition) is 0. The van der Waals surface area contributed by atoms with Crippen molar-refractivity contribution >= 4 is 33.2 Å². The normalized spacial score (nSPS) is 14.4. The van der Waals surface area contributed by atoms with Crippen molar-refractivity contribution in [1.82, 2.24) is 8.86 Å². The number of halogens is 4. The maximum atomic E-state index is 13.7. The highest BCUT2D eigenvalue weighted by Crippen LogP contribution is 2.33. The van der Waals surface area contributed by atoms with Gasteiger partial charge in [-0.2, -0.15) is 13.2 Å². The van der Waals surface area contributed by atoms with Gasteiger partial charge in [0.1, 0.15) is 5.82 Å². The van der Waals surface area contributed by atoms with E-state index in [-0.39, 0.29) is 18.6 Å². The highest BCUT2D eigenvalue weighted by atomic mass is 32.1. The number of aromatic nitrogens is 1. The van der Waals surface area contributed by atoms with Crippen LogP contribution in [0.3, 0.4) is 0 Å². The lowest BCUT2D eigenvalue weighted by Crippen LogP contribution is -2.49. The second-order valence-corrected chi connectivity index (χ2v) is 9.94. The third-order valence-electron chi connectivity index (χ3n) is 6.53. The smallest absolute Gasteiger partial charge is 0.368 e. The first-order valence-electron chi connectivity index (χ1n) is 11.8. The Labute approximate surface area is 214 Å². The van der Waals surface area contributed by atoms with Gasteiger partial charge in [-0.3, -0.25) is 13.5 Å². The summed E-state index contributed by atoms with van der Waals surface area (Å²) in [6.07, 6.45) is -4.01. The maximum Gasteiger partial charge on any atom is 0.417 e. The van der Waals surface area contributed by atoms with E-state index in [1.54, 1.807) is 10.0 Å². The standard InChI is InChI=1S/C27H23F4N3O2S/c28-19-6-9-23(27(29,30)31)22(16-19)25(35)33-14-12-32(13-15-33)20-7-8-21-24(17-20)37-34(26(21)36)11-10-18-4-2-1-3-5-18/h1-9,16-17H,10-15H2. The molecule has 3 aromatic carbocycles. The molecule has 0 atom stereocenters. The van der Waals surface area contributed by atoms with Crippen molar-refractivity contribution in [3.8, 4) is 0 Å². The van der Waals surface area contributed by atoms with Gasteiger partial charge in [-0.05, 0) is 48.4 Å². The predicted octanol–water partition coefficient (Wildman–Crippen LogP) is 5.43. The molecule has 0 saturated carbocycles. The van der Waals surface area contributed by atoms with Crippen LogP contribution in [0.25, 0.3) is 10.1 Å². The molecule has 2 heterocycles. The van der Waals surface area contributed by atoms with Crippen LogP contribution in [0.15, 0.2) is 71.5 Å². The average molecular weight is 530 g/mol. The van der Waals surface area contributed by atoms with Crippen molar-refractivity contribution < 1.29 is 22.4 Å². The van der Waals surface area contributed by atoms with E-state index in [0.29, 0.717) is 43.2 Å². The third kappa shape index (κ3) is 5.24. The fourth-order valence-corrected chi connectivity index (χ4v) is 5.58. The lowest BCUT2D eigenvalue weighted by Gasteiger charge is -2.36. The monoisotopic (exact) mass is 529 g/mol. The SMILES string of the molecule is O=C(c1cc(F)ccc1C(F)(F)F)N1CCN(c2ccc3c(=O)n(CCc4ccccc4)sc3c2)CC1. The lowest BCUT2D eigenvalue weighted by atomic mass is 10.0. The van der Waals surface area contributed by atoms with Crippen molar-refractivity contribution in [1.29, 1.82) is 0 Å². The minimum absolute atomic E-state index is 0.0338. The Balaban J connectivity index is 1.28. The fourth-order valence-electron chi connectivity index (χ4n) is 4.56. The topological polar surface area (TPSA) is 45.6 Å². The molecule has 1 saturated heterocycles. The number of carbonyl (C=O) groups excluding carboxylic acids is 1. The number of amides is 1. The zero-order chi connectivity index (χ0) is 26.2. The molecule has 0 radical (unpaired) electrons. The molecule has 4 aromatic rings. The van der Waals surface area contributed by atoms with Gasteiger partial charge < -0.3 is 9.80 Å². The van der Waals surface area contributed by atoms with Crippen molar-refractivity contribution in [2.45, 2.75) is 19.1 Å². The zero-order valence-corrected chi connectivity index (χ0v) is 20.5. The summed E-state index contributed by atoms with van der Waals surface area (Å²) in [5.74, 6) is -1.73. The number of carbonyl (C=O) groups is 1. The summed E-state index contributed by atoms with van der Waals surface area (Å²) < 4.78 is 56.3. The molecule has 5 nitrogen and oxygen atoms in total. The molecule has 1 fully saturated rings. The van der Waals surface area contributed by atoms with E-state index >= 15 is 0 Å². The van der Waals surface area contributed by atoms with Gasteiger partial charge in [0.05, 0.1) is 21.2 Å². The van der Waals surface area contributed by atoms with Crippen LogP contribution >= 0.6 is 11.5 Å². The van der Waals surface area contributed by atoms with Crippen LogP contribution in [0.4, 0.5) is 23.2 Å². The molecular weight excluding hydrogens is 506 g/mol. The Bertz CT molecular complexity index is 1490. The second kappa shape index (κ2) is 10.0. The molecule has 0 bridgehead atoms. The summed E-state index contributed by atoms with van der Waals surface area (Å²) in [6.45, 7) is 1.77. The highest BCUT2D eigenvalue weighted by Gasteiger charge is 2.37. The number of alkyl halides is 3. The quantitative estimate of drug-likeness (QED) is 0.324. The molecule has 0 N–H and O–H groups in total. The van der Waals surface area contributed by atoms with Gasteiger partial charge in [0, 0.05) is 38.4 Å². The molecule has 1 amide bonds. The van der Waals surface area contributed by atoms with Gasteiger partial charge in [-0.25, -0.2) is 4.39 Å². The van der Waals surface area contributed by atoms with Crippen LogP contribution in [-0.2, 0) is 19.1 Å². The summed E-state index contributed by atoms with van der Waals surface area (Å²) in [5.41, 5.74) is 0.175. The van der Waals surface area contributed by atoms with Crippen LogP contribution in [0.2, 0.25) is 0 Å². The molecule has 0 unspecified atom stereocenters. The van der Waals surface area contributed by atoms with Gasteiger partial charge >= 0.3 is 6.18 Å². The number of benzene rings is 3. The zero-order valence-electron chi connectivity index (χ0n) is 19.7. The van der Waals surface area contributed by atoms with Crippen LogP contribution in [-0.4, -0.2) is 40.9 Å². The Morgan fingerprint density at radius 3 is 2.35 bits per heavy atom. The molecule has 1 aliphatic heterocycles. The van der Waals surface area contributed by atoms with Crippen LogP contribution < -0.4 is 10.5 Å². The molecule has 192 valence electrons. The van der Waals surface area contributed by atoms with E-state index in [2.05, 4.69) is 0 Å². The predicted molar refractivity (Wildman–Crippen MR) is 136 cm³/mol. The van der Waals surface area contributed by atoms with Crippen LogP contribution in [0.1, 0.15) is 21.5 Å². The van der Waals surface area contributed by atoms with E-state index in [9.17, 15) is 27.2 Å². The van der Waals surface area contributed by atoms with Crippen molar-refractivity contribution in [3.63, 3.8) is 0 Å². The number of fused-ring (bicyclic) bond motifs is 1. The Morgan fingerprint density at radius 2 is 1.65 bits per heavy atom. The Hall–Kier alpha value is -3.66. The molecule has 10 heteroatoms. The van der Waals surface area contributed by atoms with Crippen LogP contribution in [0, 0.1) is 5.82 Å². The molecule has 5 rings (SSSR count). The molecule has 37 heavy (non-hydrogen) atoms. The van der Waals surface area contributed by atoms with Crippen LogP contribution in [0.5, 0.6) is 0 Å². The van der Waals surface area contributed by atoms with Gasteiger partial charge in [0.2, 0.25) is 0 Å². The van der Waals surface area contributed by atoms with Gasteiger partial charge in [-0.15, -0.1) is 0 Å². The molecule has 1 aromatic heterocycles. The van der Waals surface area contributed by atoms with E-state index in [1.807, 2.05) is 47.4 Å². The molecule has 0 spiro atoms. The number of rotatable bonds is 5. The first-order valence-corrected chi connectivity index (χ1v) is 12.6. The second-order valence-electron chi connectivity index (χ2n) is 8.88. The minimum atomic E-state index is -4.75.